The van der Waals surface area contributed by atoms with Crippen LogP contribution in [0.4, 0.5) is 0 Å². The number of fused-ring (bicyclic) bond motifs is 1. The number of aliphatic hydroxyl groups is 1. The van der Waals surface area contributed by atoms with E-state index in [2.05, 4.69) is 5.32 Å². The standard InChI is InChI=1S/C21H25N3O7/c1-30-8-7-24-16(25)11-23-10-15(18(26)19(27)17(23)21(24)29)20(28)22-9-13-3-5-14(6-4-13)12-31-2/h3-6,10,16,25,27H,7-9,11-12H2,1-2H3,(H,22,28). The molecule has 3 N–H and O–H groups in total. The molecule has 0 saturated heterocycles. The van der Waals surface area contributed by atoms with Crippen LogP contribution in [0.25, 0.3) is 0 Å². The fourth-order valence-electron chi connectivity index (χ4n) is 3.36. The summed E-state index contributed by atoms with van der Waals surface area (Å²) >= 11 is 0. The first-order valence-corrected chi connectivity index (χ1v) is 9.66. The molecule has 0 aliphatic carbocycles. The smallest absolute Gasteiger partial charge is 0.276 e. The van der Waals surface area contributed by atoms with Gasteiger partial charge in [0.25, 0.3) is 11.8 Å². The van der Waals surface area contributed by atoms with E-state index in [9.17, 15) is 24.6 Å². The van der Waals surface area contributed by atoms with Crippen LogP contribution in [0, 0.1) is 0 Å². The lowest BCUT2D eigenvalue weighted by Gasteiger charge is -2.34. The first-order valence-electron chi connectivity index (χ1n) is 9.66. The highest BCUT2D eigenvalue weighted by atomic mass is 16.5. The average Bonchev–Trinajstić information content (AvgIpc) is 2.75. The number of benzene rings is 1. The molecule has 2 amide bonds. The van der Waals surface area contributed by atoms with E-state index in [0.29, 0.717) is 6.61 Å². The van der Waals surface area contributed by atoms with Gasteiger partial charge in [-0.05, 0) is 11.1 Å². The van der Waals surface area contributed by atoms with Crippen LogP contribution < -0.4 is 10.7 Å². The minimum absolute atomic E-state index is 0.0928. The van der Waals surface area contributed by atoms with E-state index in [1.807, 2.05) is 24.3 Å². The van der Waals surface area contributed by atoms with Crippen LogP contribution in [0.15, 0.2) is 35.3 Å². The van der Waals surface area contributed by atoms with Crippen molar-refractivity contribution in [1.82, 2.24) is 14.8 Å². The molecule has 1 aliphatic heterocycles. The lowest BCUT2D eigenvalue weighted by Crippen LogP contribution is -2.50. The largest absolute Gasteiger partial charge is 0.503 e. The third-order valence-corrected chi connectivity index (χ3v) is 5.01. The van der Waals surface area contributed by atoms with Crippen LogP contribution >= 0.6 is 0 Å². The summed E-state index contributed by atoms with van der Waals surface area (Å²) in [7, 11) is 3.06. The van der Waals surface area contributed by atoms with Gasteiger partial charge in [0.15, 0.2) is 11.4 Å². The van der Waals surface area contributed by atoms with Crippen molar-refractivity contribution < 1.29 is 29.3 Å². The summed E-state index contributed by atoms with van der Waals surface area (Å²) < 4.78 is 11.2. The number of ether oxygens (including phenoxy) is 2. The van der Waals surface area contributed by atoms with Gasteiger partial charge in [-0.2, -0.15) is 0 Å². The molecular formula is C21H25N3O7. The molecule has 3 rings (SSSR count). The van der Waals surface area contributed by atoms with E-state index >= 15 is 0 Å². The van der Waals surface area contributed by atoms with Crippen molar-refractivity contribution in [1.29, 1.82) is 0 Å². The van der Waals surface area contributed by atoms with Crippen LogP contribution in [0.3, 0.4) is 0 Å². The number of hydrogen-bond donors (Lipinski definition) is 3. The topological polar surface area (TPSA) is 130 Å². The maximum Gasteiger partial charge on any atom is 0.276 e. The van der Waals surface area contributed by atoms with Crippen molar-refractivity contribution in [3.05, 3.63) is 63.1 Å². The van der Waals surface area contributed by atoms with Gasteiger partial charge in [0.05, 0.1) is 19.8 Å². The Morgan fingerprint density at radius 2 is 1.84 bits per heavy atom. The fourth-order valence-corrected chi connectivity index (χ4v) is 3.36. The number of carbonyl (C=O) groups excluding carboxylic acids is 2. The second kappa shape index (κ2) is 9.73. The monoisotopic (exact) mass is 431 g/mol. The van der Waals surface area contributed by atoms with Crippen LogP contribution in [-0.4, -0.2) is 65.1 Å². The molecule has 2 aromatic rings. The number of aliphatic hydroxyl groups excluding tert-OH is 1. The number of nitrogens with one attached hydrogen (secondary N) is 1. The van der Waals surface area contributed by atoms with Crippen molar-refractivity contribution in [2.24, 2.45) is 0 Å². The predicted octanol–water partition coefficient (Wildman–Crippen LogP) is 0.0509. The quantitative estimate of drug-likeness (QED) is 0.538. The Bertz CT molecular complexity index is 1020. The summed E-state index contributed by atoms with van der Waals surface area (Å²) in [6.45, 7) is 0.821. The first-order chi connectivity index (χ1) is 14.9. The predicted molar refractivity (Wildman–Crippen MR) is 110 cm³/mol. The van der Waals surface area contributed by atoms with Crippen molar-refractivity contribution in [2.75, 3.05) is 27.4 Å². The van der Waals surface area contributed by atoms with Crippen LogP contribution in [0.1, 0.15) is 32.0 Å². The van der Waals surface area contributed by atoms with Gasteiger partial charge in [-0.25, -0.2) is 0 Å². The third kappa shape index (κ3) is 4.76. The zero-order valence-corrected chi connectivity index (χ0v) is 17.3. The Hall–Kier alpha value is -3.21. The van der Waals surface area contributed by atoms with Gasteiger partial charge in [0.1, 0.15) is 11.8 Å². The van der Waals surface area contributed by atoms with Crippen LogP contribution in [0.2, 0.25) is 0 Å². The highest BCUT2D eigenvalue weighted by Crippen LogP contribution is 2.22. The minimum atomic E-state index is -1.18. The SMILES string of the molecule is COCCN1C(=O)c2c(O)c(=O)c(C(=O)NCc3ccc(COC)cc3)cn2CC1O. The maximum atomic E-state index is 12.7. The van der Waals surface area contributed by atoms with Crippen molar-refractivity contribution in [3.63, 3.8) is 0 Å². The normalized spacial score (nSPS) is 15.6. The van der Waals surface area contributed by atoms with E-state index in [0.717, 1.165) is 16.0 Å². The Balaban J connectivity index is 1.79. The molecule has 31 heavy (non-hydrogen) atoms. The lowest BCUT2D eigenvalue weighted by atomic mass is 10.1. The summed E-state index contributed by atoms with van der Waals surface area (Å²) in [5, 5.41) is 23.3. The second-order valence-electron chi connectivity index (χ2n) is 7.13. The molecule has 0 fully saturated rings. The Kier molecular flexibility index (Phi) is 7.06. The van der Waals surface area contributed by atoms with Crippen molar-refractivity contribution in [2.45, 2.75) is 25.9 Å². The summed E-state index contributed by atoms with van der Waals surface area (Å²) in [5.74, 6) is -2.23. The van der Waals surface area contributed by atoms with Gasteiger partial charge >= 0.3 is 0 Å². The lowest BCUT2D eigenvalue weighted by molar-refractivity contribution is -0.0206. The summed E-state index contributed by atoms with van der Waals surface area (Å²) in [4.78, 5) is 38.9. The molecule has 1 aliphatic rings. The molecule has 10 heteroatoms. The molecule has 0 saturated carbocycles. The Morgan fingerprint density at radius 1 is 1.16 bits per heavy atom. The highest BCUT2D eigenvalue weighted by molar-refractivity contribution is 5.99. The van der Waals surface area contributed by atoms with E-state index in [1.165, 1.54) is 17.9 Å². The first kappa shape index (κ1) is 22.5. The second-order valence-corrected chi connectivity index (χ2v) is 7.13. The van der Waals surface area contributed by atoms with Gasteiger partial charge in [0.2, 0.25) is 5.43 Å². The Labute approximate surface area is 178 Å². The number of nitrogens with zero attached hydrogens (tertiary/aromatic N) is 2. The van der Waals surface area contributed by atoms with Crippen LogP contribution in [0.5, 0.6) is 5.75 Å². The van der Waals surface area contributed by atoms with Crippen molar-refractivity contribution in [3.8, 4) is 5.75 Å². The minimum Gasteiger partial charge on any atom is -0.503 e. The number of pyridine rings is 1. The molecule has 1 aromatic heterocycles. The zero-order chi connectivity index (χ0) is 22.5. The van der Waals surface area contributed by atoms with Crippen LogP contribution in [-0.2, 0) is 29.2 Å². The van der Waals surface area contributed by atoms with E-state index in [-0.39, 0.29) is 37.5 Å². The summed E-state index contributed by atoms with van der Waals surface area (Å²) in [5.41, 5.74) is 0.267. The van der Waals surface area contributed by atoms with E-state index < -0.39 is 29.2 Å². The van der Waals surface area contributed by atoms with Gasteiger partial charge in [-0.3, -0.25) is 14.4 Å². The average molecular weight is 431 g/mol. The highest BCUT2D eigenvalue weighted by Gasteiger charge is 2.35. The molecule has 1 unspecified atom stereocenters. The van der Waals surface area contributed by atoms with E-state index in [4.69, 9.17) is 9.47 Å². The zero-order valence-electron chi connectivity index (χ0n) is 17.3. The van der Waals surface area contributed by atoms with Gasteiger partial charge in [0, 0.05) is 33.5 Å². The molecule has 1 atom stereocenters. The van der Waals surface area contributed by atoms with Gasteiger partial charge in [-0.1, -0.05) is 24.3 Å². The van der Waals surface area contributed by atoms with Crippen molar-refractivity contribution >= 4 is 11.8 Å². The molecule has 0 spiro atoms. The number of rotatable bonds is 8. The third-order valence-electron chi connectivity index (χ3n) is 5.01. The fraction of sp³-hybridized carbons (Fsp3) is 0.381. The maximum absolute atomic E-state index is 12.7. The molecule has 0 radical (unpaired) electrons. The number of aromatic nitrogens is 1. The summed E-state index contributed by atoms with van der Waals surface area (Å²) in [6.07, 6.45) is 0.00184. The summed E-state index contributed by atoms with van der Waals surface area (Å²) in [6, 6.07) is 7.39. The number of methoxy groups -OCH3 is 2. The molecule has 166 valence electrons. The molecule has 2 heterocycles. The van der Waals surface area contributed by atoms with Gasteiger partial charge in [-0.15, -0.1) is 0 Å². The van der Waals surface area contributed by atoms with E-state index in [1.54, 1.807) is 7.11 Å². The molecule has 10 nitrogen and oxygen atoms in total. The number of carbonyl (C=O) groups is 2. The van der Waals surface area contributed by atoms with Gasteiger partial charge < -0.3 is 34.5 Å². The Morgan fingerprint density at radius 3 is 2.48 bits per heavy atom. The molecule has 1 aromatic carbocycles. The molecular weight excluding hydrogens is 406 g/mol. The number of amides is 2. The number of hydrogen-bond acceptors (Lipinski definition) is 7. The number of aromatic hydroxyl groups is 1. The molecule has 0 bridgehead atoms.